The molecule has 1 aliphatic heterocycles. The van der Waals surface area contributed by atoms with E-state index in [0.29, 0.717) is 24.5 Å². The van der Waals surface area contributed by atoms with Crippen LogP contribution in [-0.2, 0) is 6.18 Å². The van der Waals surface area contributed by atoms with Crippen LogP contribution in [0.3, 0.4) is 0 Å². The van der Waals surface area contributed by atoms with E-state index < -0.39 is 17.8 Å². The maximum atomic E-state index is 12.8. The third kappa shape index (κ3) is 3.71. The van der Waals surface area contributed by atoms with Crippen molar-refractivity contribution < 1.29 is 31.6 Å². The SMILES string of the molecule is O=C(c1cc(-c2ccco2)on1)N1CC[C@@H](Oc2cc(C(F)(F)F)ccn2)C1. The molecule has 1 amide bonds. The van der Waals surface area contributed by atoms with Crippen molar-refractivity contribution in [2.24, 2.45) is 0 Å². The first-order valence-electron chi connectivity index (χ1n) is 8.40. The molecule has 0 spiro atoms. The highest BCUT2D eigenvalue weighted by Crippen LogP contribution is 2.31. The number of alkyl halides is 3. The minimum Gasteiger partial charge on any atom is -0.472 e. The number of carbonyl (C=O) groups excluding carboxylic acids is 1. The number of halogens is 3. The molecule has 0 bridgehead atoms. The predicted molar refractivity (Wildman–Crippen MR) is 88.4 cm³/mol. The average molecular weight is 393 g/mol. The molecule has 1 atom stereocenters. The fourth-order valence-corrected chi connectivity index (χ4v) is 2.90. The Morgan fingerprint density at radius 1 is 1.25 bits per heavy atom. The van der Waals surface area contributed by atoms with E-state index in [1.165, 1.54) is 17.2 Å². The van der Waals surface area contributed by atoms with E-state index in [0.717, 1.165) is 18.3 Å². The molecule has 10 heteroatoms. The molecule has 4 heterocycles. The molecule has 0 aromatic carbocycles. The third-order valence-electron chi connectivity index (χ3n) is 4.28. The number of hydrogen-bond acceptors (Lipinski definition) is 6. The fraction of sp³-hybridized carbons (Fsp3) is 0.278. The maximum absolute atomic E-state index is 12.8. The van der Waals surface area contributed by atoms with E-state index in [4.69, 9.17) is 13.7 Å². The van der Waals surface area contributed by atoms with Gasteiger partial charge in [0.15, 0.2) is 11.5 Å². The standard InChI is InChI=1S/C18H14F3N3O4/c19-18(20,21)11-3-5-22-16(8-11)27-12-4-6-24(10-12)17(25)13-9-15(28-23-13)14-2-1-7-26-14/h1-3,5,7-9,12H,4,6,10H2/t12-/m1/s1. The lowest BCUT2D eigenvalue weighted by atomic mass is 10.2. The lowest BCUT2D eigenvalue weighted by molar-refractivity contribution is -0.137. The number of likely N-dealkylation sites (tertiary alicyclic amines) is 1. The van der Waals surface area contributed by atoms with Gasteiger partial charge in [-0.15, -0.1) is 0 Å². The molecule has 3 aromatic heterocycles. The Labute approximate surface area is 156 Å². The molecule has 4 rings (SSSR count). The van der Waals surface area contributed by atoms with Crippen molar-refractivity contribution in [1.29, 1.82) is 0 Å². The van der Waals surface area contributed by atoms with Gasteiger partial charge in [0.2, 0.25) is 11.6 Å². The summed E-state index contributed by atoms with van der Waals surface area (Å²) in [6.45, 7) is 0.588. The number of amides is 1. The van der Waals surface area contributed by atoms with Crippen LogP contribution in [0, 0.1) is 0 Å². The summed E-state index contributed by atoms with van der Waals surface area (Å²) in [7, 11) is 0. The number of rotatable bonds is 4. The molecular formula is C18H14F3N3O4. The molecule has 28 heavy (non-hydrogen) atoms. The molecule has 1 fully saturated rings. The topological polar surface area (TPSA) is 81.6 Å². The molecule has 0 aliphatic carbocycles. The van der Waals surface area contributed by atoms with Crippen LogP contribution in [0.2, 0.25) is 0 Å². The quantitative estimate of drug-likeness (QED) is 0.673. The number of nitrogens with zero attached hydrogens (tertiary/aromatic N) is 3. The van der Waals surface area contributed by atoms with Crippen molar-refractivity contribution in [3.05, 3.63) is 54.0 Å². The van der Waals surface area contributed by atoms with Crippen LogP contribution in [-0.4, -0.2) is 40.1 Å². The molecular weight excluding hydrogens is 379 g/mol. The predicted octanol–water partition coefficient (Wildman–Crippen LogP) is 3.64. The van der Waals surface area contributed by atoms with Gasteiger partial charge in [0.05, 0.1) is 18.4 Å². The zero-order valence-electron chi connectivity index (χ0n) is 14.3. The average Bonchev–Trinajstić information content (AvgIpc) is 3.41. The van der Waals surface area contributed by atoms with Crippen molar-refractivity contribution in [2.75, 3.05) is 13.1 Å². The Balaban J connectivity index is 1.40. The molecule has 146 valence electrons. The van der Waals surface area contributed by atoms with Gasteiger partial charge in [-0.25, -0.2) is 4.98 Å². The Morgan fingerprint density at radius 2 is 2.11 bits per heavy atom. The van der Waals surface area contributed by atoms with E-state index >= 15 is 0 Å². The van der Waals surface area contributed by atoms with Gasteiger partial charge in [0.25, 0.3) is 5.91 Å². The Kier molecular flexibility index (Phi) is 4.54. The summed E-state index contributed by atoms with van der Waals surface area (Å²) in [5.74, 6) is 0.290. The van der Waals surface area contributed by atoms with Crippen molar-refractivity contribution in [3.63, 3.8) is 0 Å². The maximum Gasteiger partial charge on any atom is 0.416 e. The van der Waals surface area contributed by atoms with Crippen molar-refractivity contribution in [2.45, 2.75) is 18.7 Å². The number of furan rings is 1. The number of hydrogen-bond donors (Lipinski definition) is 0. The van der Waals surface area contributed by atoms with Gasteiger partial charge in [-0.05, 0) is 18.2 Å². The van der Waals surface area contributed by atoms with Gasteiger partial charge >= 0.3 is 6.18 Å². The summed E-state index contributed by atoms with van der Waals surface area (Å²) in [6, 6.07) is 6.56. The van der Waals surface area contributed by atoms with Gasteiger partial charge in [0, 0.05) is 31.3 Å². The zero-order valence-corrected chi connectivity index (χ0v) is 14.3. The van der Waals surface area contributed by atoms with Gasteiger partial charge < -0.3 is 18.6 Å². The lowest BCUT2D eigenvalue weighted by Gasteiger charge is -2.16. The number of pyridine rings is 1. The highest BCUT2D eigenvalue weighted by Gasteiger charge is 2.33. The summed E-state index contributed by atoms with van der Waals surface area (Å²) in [5.41, 5.74) is -0.722. The van der Waals surface area contributed by atoms with Gasteiger partial charge in [-0.2, -0.15) is 13.2 Å². The van der Waals surface area contributed by atoms with E-state index in [1.54, 1.807) is 12.1 Å². The second-order valence-electron chi connectivity index (χ2n) is 6.21. The first kappa shape index (κ1) is 18.1. The second-order valence-corrected chi connectivity index (χ2v) is 6.21. The molecule has 0 N–H and O–H groups in total. The number of ether oxygens (including phenoxy) is 1. The highest BCUT2D eigenvalue weighted by molar-refractivity contribution is 5.93. The van der Waals surface area contributed by atoms with Crippen LogP contribution < -0.4 is 4.74 Å². The highest BCUT2D eigenvalue weighted by atomic mass is 19.4. The summed E-state index contributed by atoms with van der Waals surface area (Å²) < 4.78 is 54.2. The molecule has 0 radical (unpaired) electrons. The van der Waals surface area contributed by atoms with Crippen LogP contribution in [0.5, 0.6) is 5.88 Å². The van der Waals surface area contributed by atoms with Gasteiger partial charge in [-0.1, -0.05) is 5.16 Å². The molecule has 1 aliphatic rings. The monoisotopic (exact) mass is 393 g/mol. The summed E-state index contributed by atoms with van der Waals surface area (Å²) >= 11 is 0. The molecule has 0 unspecified atom stereocenters. The molecule has 1 saturated heterocycles. The summed E-state index contributed by atoms with van der Waals surface area (Å²) in [5, 5.41) is 3.76. The fourth-order valence-electron chi connectivity index (χ4n) is 2.90. The van der Waals surface area contributed by atoms with Crippen LogP contribution >= 0.6 is 0 Å². The van der Waals surface area contributed by atoms with Crippen molar-refractivity contribution >= 4 is 5.91 Å². The largest absolute Gasteiger partial charge is 0.472 e. The van der Waals surface area contributed by atoms with E-state index in [1.807, 2.05) is 0 Å². The Morgan fingerprint density at radius 3 is 2.86 bits per heavy atom. The number of carbonyl (C=O) groups is 1. The normalized spacial score (nSPS) is 17.1. The summed E-state index contributed by atoms with van der Waals surface area (Å²) in [6.07, 6.45) is -1.95. The van der Waals surface area contributed by atoms with E-state index in [-0.39, 0.29) is 24.0 Å². The number of aromatic nitrogens is 2. The summed E-state index contributed by atoms with van der Waals surface area (Å²) in [4.78, 5) is 17.9. The third-order valence-corrected chi connectivity index (χ3v) is 4.28. The van der Waals surface area contributed by atoms with Crippen molar-refractivity contribution in [3.8, 4) is 17.4 Å². The lowest BCUT2D eigenvalue weighted by Crippen LogP contribution is -2.31. The van der Waals surface area contributed by atoms with Crippen LogP contribution in [0.1, 0.15) is 22.5 Å². The van der Waals surface area contributed by atoms with Crippen LogP contribution in [0.15, 0.2) is 51.7 Å². The van der Waals surface area contributed by atoms with Crippen molar-refractivity contribution in [1.82, 2.24) is 15.0 Å². The Bertz CT molecular complexity index is 969. The van der Waals surface area contributed by atoms with Gasteiger partial charge in [-0.3, -0.25) is 4.79 Å². The van der Waals surface area contributed by atoms with Crippen LogP contribution in [0.4, 0.5) is 13.2 Å². The zero-order chi connectivity index (χ0) is 19.7. The molecule has 3 aromatic rings. The van der Waals surface area contributed by atoms with Crippen LogP contribution in [0.25, 0.3) is 11.5 Å². The first-order valence-corrected chi connectivity index (χ1v) is 8.40. The second kappa shape index (κ2) is 7.02. The van der Waals surface area contributed by atoms with E-state index in [9.17, 15) is 18.0 Å². The Hall–Kier alpha value is -3.30. The van der Waals surface area contributed by atoms with Gasteiger partial charge in [0.1, 0.15) is 6.10 Å². The minimum absolute atomic E-state index is 0.115. The molecule has 7 nitrogen and oxygen atoms in total. The first-order chi connectivity index (χ1) is 13.4. The van der Waals surface area contributed by atoms with E-state index in [2.05, 4.69) is 10.1 Å². The smallest absolute Gasteiger partial charge is 0.416 e. The molecule has 0 saturated carbocycles. The minimum atomic E-state index is -4.47.